The number of nitrogens with one attached hydrogen (secondary N) is 2. The van der Waals surface area contributed by atoms with Crippen molar-refractivity contribution < 1.29 is 0 Å². The molecule has 2 heterocycles. The quantitative estimate of drug-likeness (QED) is 0.716. The van der Waals surface area contributed by atoms with Gasteiger partial charge in [-0.15, -0.1) is 0 Å². The van der Waals surface area contributed by atoms with E-state index in [4.69, 9.17) is 0 Å². The Morgan fingerprint density at radius 3 is 2.87 bits per heavy atom. The number of rotatable bonds is 2. The summed E-state index contributed by atoms with van der Waals surface area (Å²) in [7, 11) is 1.98. The summed E-state index contributed by atoms with van der Waals surface area (Å²) in [5, 5.41) is 3.31. The molecule has 0 amide bonds. The van der Waals surface area contributed by atoms with E-state index in [0.29, 0.717) is 12.0 Å². The lowest BCUT2D eigenvalue weighted by molar-refractivity contribution is 0.439. The Bertz CT molecular complexity index is 370. The normalized spacial score (nSPS) is 17.7. The minimum atomic E-state index is -0.0965. The summed E-state index contributed by atoms with van der Waals surface area (Å²) in [6.45, 7) is 2.07. The van der Waals surface area contributed by atoms with Gasteiger partial charge in [0.25, 0.3) is 5.56 Å². The third kappa shape index (κ3) is 2.36. The van der Waals surface area contributed by atoms with Gasteiger partial charge in [0.2, 0.25) is 5.95 Å². The van der Waals surface area contributed by atoms with E-state index in [1.165, 1.54) is 6.07 Å². The number of aromatic nitrogens is 2. The van der Waals surface area contributed by atoms with Crippen LogP contribution in [-0.2, 0) is 0 Å². The van der Waals surface area contributed by atoms with Gasteiger partial charge in [0, 0.05) is 25.4 Å². The Hall–Kier alpha value is -1.36. The van der Waals surface area contributed by atoms with E-state index >= 15 is 0 Å². The summed E-state index contributed by atoms with van der Waals surface area (Å²) in [4.78, 5) is 20.1. The highest BCUT2D eigenvalue weighted by Gasteiger charge is 2.18. The van der Waals surface area contributed by atoms with Gasteiger partial charge >= 0.3 is 0 Å². The number of hydrogen-bond acceptors (Lipinski definition) is 4. The van der Waals surface area contributed by atoms with E-state index in [0.717, 1.165) is 25.9 Å². The van der Waals surface area contributed by atoms with Crippen LogP contribution < -0.4 is 15.8 Å². The van der Waals surface area contributed by atoms with Crippen LogP contribution in [0.4, 0.5) is 5.95 Å². The van der Waals surface area contributed by atoms with Gasteiger partial charge in [0.05, 0.1) is 0 Å². The summed E-state index contributed by atoms with van der Waals surface area (Å²) >= 11 is 0. The van der Waals surface area contributed by atoms with Gasteiger partial charge in [-0.2, -0.15) is 0 Å². The van der Waals surface area contributed by atoms with E-state index in [-0.39, 0.29) is 5.56 Å². The predicted molar refractivity (Wildman–Crippen MR) is 59.2 cm³/mol. The first-order valence-electron chi connectivity index (χ1n) is 5.26. The molecular weight excluding hydrogens is 192 g/mol. The minimum absolute atomic E-state index is 0.0965. The van der Waals surface area contributed by atoms with Crippen LogP contribution in [-0.4, -0.2) is 36.1 Å². The summed E-state index contributed by atoms with van der Waals surface area (Å²) in [5.41, 5.74) is -0.0965. The number of aromatic amines is 1. The maximum Gasteiger partial charge on any atom is 0.252 e. The molecule has 0 radical (unpaired) electrons. The van der Waals surface area contributed by atoms with E-state index in [1.54, 1.807) is 6.20 Å². The van der Waals surface area contributed by atoms with Crippen LogP contribution in [0.5, 0.6) is 0 Å². The summed E-state index contributed by atoms with van der Waals surface area (Å²) in [6, 6.07) is 1.90. The average Bonchev–Trinajstić information content (AvgIpc) is 2.29. The minimum Gasteiger partial charge on any atom is -0.342 e. The zero-order valence-corrected chi connectivity index (χ0v) is 8.86. The van der Waals surface area contributed by atoms with Gasteiger partial charge in [-0.3, -0.25) is 9.78 Å². The molecule has 2 N–H and O–H groups in total. The molecule has 1 fully saturated rings. The molecule has 0 bridgehead atoms. The molecule has 15 heavy (non-hydrogen) atoms. The predicted octanol–water partition coefficient (Wildman–Crippen LogP) is -0.0419. The van der Waals surface area contributed by atoms with Crippen molar-refractivity contribution in [1.82, 2.24) is 15.3 Å². The second kappa shape index (κ2) is 4.44. The van der Waals surface area contributed by atoms with Crippen molar-refractivity contribution in [2.45, 2.75) is 18.9 Å². The first-order chi connectivity index (χ1) is 7.27. The van der Waals surface area contributed by atoms with Gasteiger partial charge in [0.1, 0.15) is 0 Å². The fourth-order valence-electron chi connectivity index (χ4n) is 1.91. The third-order valence-corrected chi connectivity index (χ3v) is 2.85. The van der Waals surface area contributed by atoms with Crippen LogP contribution in [0.25, 0.3) is 0 Å². The van der Waals surface area contributed by atoms with Crippen molar-refractivity contribution >= 4 is 5.95 Å². The Balaban J connectivity index is 2.12. The number of H-pyrrole nitrogens is 1. The molecule has 0 saturated carbocycles. The fraction of sp³-hybridized carbons (Fsp3) is 0.600. The standard InChI is InChI=1S/C10H16N4O/c1-14(8-2-5-11-6-3-8)10-12-7-4-9(15)13-10/h4,7-8,11H,2-3,5-6H2,1H3,(H,12,13,15). The monoisotopic (exact) mass is 208 g/mol. The molecule has 0 atom stereocenters. The van der Waals surface area contributed by atoms with Crippen LogP contribution in [0.1, 0.15) is 12.8 Å². The lowest BCUT2D eigenvalue weighted by Crippen LogP contribution is -2.42. The molecule has 1 saturated heterocycles. The molecular formula is C10H16N4O. The van der Waals surface area contributed by atoms with Gasteiger partial charge in [-0.05, 0) is 25.9 Å². The molecule has 0 aliphatic carbocycles. The molecule has 0 spiro atoms. The zero-order valence-electron chi connectivity index (χ0n) is 8.86. The summed E-state index contributed by atoms with van der Waals surface area (Å²) < 4.78 is 0. The lowest BCUT2D eigenvalue weighted by Gasteiger charge is -2.31. The van der Waals surface area contributed by atoms with Gasteiger partial charge in [-0.25, -0.2) is 4.98 Å². The SMILES string of the molecule is CN(c1nccc(=O)[nH]1)C1CCNCC1. The molecule has 1 aromatic heterocycles. The highest BCUT2D eigenvalue weighted by atomic mass is 16.1. The van der Waals surface area contributed by atoms with Crippen LogP contribution >= 0.6 is 0 Å². The number of hydrogen-bond donors (Lipinski definition) is 2. The first kappa shape index (κ1) is 10.2. The third-order valence-electron chi connectivity index (χ3n) is 2.85. The van der Waals surface area contributed by atoms with Crippen molar-refractivity contribution in [3.8, 4) is 0 Å². The number of piperidine rings is 1. The van der Waals surface area contributed by atoms with Crippen molar-refractivity contribution in [1.29, 1.82) is 0 Å². The Morgan fingerprint density at radius 2 is 2.20 bits per heavy atom. The molecule has 0 aromatic carbocycles. The van der Waals surface area contributed by atoms with E-state index in [9.17, 15) is 4.79 Å². The molecule has 5 heteroatoms. The van der Waals surface area contributed by atoms with Crippen molar-refractivity contribution in [3.63, 3.8) is 0 Å². The second-order valence-electron chi connectivity index (χ2n) is 3.85. The highest BCUT2D eigenvalue weighted by Crippen LogP contribution is 2.13. The maximum atomic E-state index is 11.1. The van der Waals surface area contributed by atoms with Crippen molar-refractivity contribution in [2.75, 3.05) is 25.0 Å². The Labute approximate surface area is 88.5 Å². The van der Waals surface area contributed by atoms with E-state index < -0.39 is 0 Å². The average molecular weight is 208 g/mol. The molecule has 2 rings (SSSR count). The van der Waals surface area contributed by atoms with Crippen molar-refractivity contribution in [3.05, 3.63) is 22.6 Å². The number of anilines is 1. The molecule has 1 aliphatic rings. The van der Waals surface area contributed by atoms with Crippen LogP contribution in [0.2, 0.25) is 0 Å². The van der Waals surface area contributed by atoms with Gasteiger partial charge in [-0.1, -0.05) is 0 Å². The van der Waals surface area contributed by atoms with Gasteiger partial charge < -0.3 is 10.2 Å². The maximum absolute atomic E-state index is 11.1. The lowest BCUT2D eigenvalue weighted by atomic mass is 10.1. The molecule has 0 unspecified atom stereocenters. The highest BCUT2D eigenvalue weighted by molar-refractivity contribution is 5.28. The molecule has 1 aliphatic heterocycles. The van der Waals surface area contributed by atoms with Crippen LogP contribution in [0.3, 0.4) is 0 Å². The van der Waals surface area contributed by atoms with Crippen molar-refractivity contribution in [2.24, 2.45) is 0 Å². The summed E-state index contributed by atoms with van der Waals surface area (Å²) in [6.07, 6.45) is 3.73. The van der Waals surface area contributed by atoms with Crippen LogP contribution in [0.15, 0.2) is 17.1 Å². The molecule has 82 valence electrons. The van der Waals surface area contributed by atoms with Gasteiger partial charge in [0.15, 0.2) is 0 Å². The largest absolute Gasteiger partial charge is 0.342 e. The van der Waals surface area contributed by atoms with E-state index in [2.05, 4.69) is 20.2 Å². The Morgan fingerprint density at radius 1 is 1.47 bits per heavy atom. The fourth-order valence-corrected chi connectivity index (χ4v) is 1.91. The Kier molecular flexibility index (Phi) is 3.01. The second-order valence-corrected chi connectivity index (χ2v) is 3.85. The first-order valence-corrected chi connectivity index (χ1v) is 5.26. The summed E-state index contributed by atoms with van der Waals surface area (Å²) in [5.74, 6) is 0.661. The van der Waals surface area contributed by atoms with E-state index in [1.807, 2.05) is 7.05 Å². The smallest absolute Gasteiger partial charge is 0.252 e. The molecule has 1 aromatic rings. The molecule has 5 nitrogen and oxygen atoms in total. The van der Waals surface area contributed by atoms with Crippen LogP contribution in [0, 0.1) is 0 Å². The topological polar surface area (TPSA) is 61.0 Å². The number of nitrogens with zero attached hydrogens (tertiary/aromatic N) is 2. The zero-order chi connectivity index (χ0) is 10.7.